The molecular weight excluding hydrogens is 274 g/mol. The Bertz CT molecular complexity index is 697. The van der Waals surface area contributed by atoms with Crippen LogP contribution in [0.15, 0.2) is 36.4 Å². The van der Waals surface area contributed by atoms with Crippen LogP contribution in [0.3, 0.4) is 0 Å². The minimum absolute atomic E-state index is 0.303. The summed E-state index contributed by atoms with van der Waals surface area (Å²) in [6.45, 7) is 0. The number of amides is 1. The highest BCUT2D eigenvalue weighted by atomic mass is 32.1. The molecule has 2 rings (SSSR count). The van der Waals surface area contributed by atoms with Gasteiger partial charge in [-0.05, 0) is 24.3 Å². The molecule has 1 aromatic carbocycles. The number of ether oxygens (including phenoxy) is 1. The number of anilines is 1. The number of carbonyl (C=O) groups excluding carboxylic acids is 2. The van der Waals surface area contributed by atoms with Gasteiger partial charge in [-0.3, -0.25) is 4.79 Å². The van der Waals surface area contributed by atoms with E-state index in [0.717, 1.165) is 0 Å². The molecule has 0 saturated heterocycles. The second-order valence-electron chi connectivity index (χ2n) is 3.80. The maximum absolute atomic E-state index is 12.1. The van der Waals surface area contributed by atoms with Crippen LogP contribution in [-0.2, 0) is 4.74 Å². The lowest BCUT2D eigenvalue weighted by atomic mass is 10.2. The van der Waals surface area contributed by atoms with Crippen molar-refractivity contribution in [1.82, 2.24) is 0 Å². The Hall–Kier alpha value is -2.58. The second-order valence-corrected chi connectivity index (χ2v) is 4.88. The molecular formula is C15H11NO3S. The van der Waals surface area contributed by atoms with E-state index in [1.807, 2.05) is 0 Å². The number of para-hydroxylation sites is 1. The third-order valence-corrected chi connectivity index (χ3v) is 3.57. The normalized spacial score (nSPS) is 9.60. The van der Waals surface area contributed by atoms with E-state index in [1.165, 1.54) is 18.4 Å². The maximum Gasteiger partial charge on any atom is 0.339 e. The van der Waals surface area contributed by atoms with Crippen molar-refractivity contribution in [1.29, 1.82) is 0 Å². The highest BCUT2D eigenvalue weighted by Gasteiger charge is 2.15. The summed E-state index contributed by atoms with van der Waals surface area (Å²) < 4.78 is 4.67. The van der Waals surface area contributed by atoms with Crippen LogP contribution < -0.4 is 5.32 Å². The second kappa shape index (κ2) is 6.04. The van der Waals surface area contributed by atoms with Gasteiger partial charge in [0, 0.05) is 0 Å². The Morgan fingerprint density at radius 2 is 2.00 bits per heavy atom. The predicted molar refractivity (Wildman–Crippen MR) is 78.0 cm³/mol. The number of esters is 1. The molecule has 20 heavy (non-hydrogen) atoms. The van der Waals surface area contributed by atoms with Gasteiger partial charge in [0.25, 0.3) is 5.91 Å². The molecule has 1 aromatic heterocycles. The molecule has 0 atom stereocenters. The van der Waals surface area contributed by atoms with Gasteiger partial charge >= 0.3 is 5.97 Å². The van der Waals surface area contributed by atoms with Crippen molar-refractivity contribution in [2.75, 3.05) is 12.4 Å². The topological polar surface area (TPSA) is 55.4 Å². The Labute approximate surface area is 120 Å². The number of rotatable bonds is 3. The lowest BCUT2D eigenvalue weighted by Gasteiger charge is -2.08. The Morgan fingerprint density at radius 3 is 2.65 bits per heavy atom. The minimum Gasteiger partial charge on any atom is -0.465 e. The monoisotopic (exact) mass is 285 g/mol. The third-order valence-electron chi connectivity index (χ3n) is 2.55. The fraction of sp³-hybridized carbons (Fsp3) is 0.0667. The zero-order valence-corrected chi connectivity index (χ0v) is 11.5. The number of hydrogen-bond acceptors (Lipinski definition) is 4. The van der Waals surface area contributed by atoms with Crippen LogP contribution in [0.5, 0.6) is 0 Å². The predicted octanol–water partition coefficient (Wildman–Crippen LogP) is 2.77. The van der Waals surface area contributed by atoms with Crippen LogP contribution in [0.2, 0.25) is 0 Å². The van der Waals surface area contributed by atoms with E-state index in [-0.39, 0.29) is 5.91 Å². The van der Waals surface area contributed by atoms with Gasteiger partial charge in [-0.25, -0.2) is 4.79 Å². The highest BCUT2D eigenvalue weighted by molar-refractivity contribution is 7.14. The first-order valence-corrected chi connectivity index (χ1v) is 6.52. The highest BCUT2D eigenvalue weighted by Crippen LogP contribution is 2.20. The number of nitrogens with one attached hydrogen (secondary N) is 1. The summed E-state index contributed by atoms with van der Waals surface area (Å²) >= 11 is 1.22. The smallest absolute Gasteiger partial charge is 0.339 e. The number of methoxy groups -OCH3 is 1. The fourth-order valence-corrected chi connectivity index (χ4v) is 2.31. The van der Waals surface area contributed by atoms with E-state index in [1.54, 1.807) is 36.4 Å². The summed E-state index contributed by atoms with van der Waals surface area (Å²) in [5.74, 6) is 1.65. The lowest BCUT2D eigenvalue weighted by molar-refractivity contribution is 0.0602. The first-order valence-electron chi connectivity index (χ1n) is 5.71. The Kier molecular flexibility index (Phi) is 4.18. The van der Waals surface area contributed by atoms with Crippen LogP contribution in [0.25, 0.3) is 0 Å². The van der Waals surface area contributed by atoms with Gasteiger partial charge in [0.05, 0.1) is 28.1 Å². The molecule has 4 nitrogen and oxygen atoms in total. The average molecular weight is 285 g/mol. The molecule has 100 valence electrons. The van der Waals surface area contributed by atoms with Crippen LogP contribution in [0.4, 0.5) is 5.69 Å². The van der Waals surface area contributed by atoms with E-state index < -0.39 is 5.97 Å². The summed E-state index contributed by atoms with van der Waals surface area (Å²) in [5, 5.41) is 2.68. The number of benzene rings is 1. The van der Waals surface area contributed by atoms with E-state index in [0.29, 0.717) is 21.0 Å². The molecule has 2 aromatic rings. The van der Waals surface area contributed by atoms with Crippen LogP contribution >= 0.6 is 11.3 Å². The maximum atomic E-state index is 12.1. The summed E-state index contributed by atoms with van der Waals surface area (Å²) in [7, 11) is 1.29. The first-order chi connectivity index (χ1) is 9.65. The SMILES string of the molecule is C#Cc1ccc(C(=O)Nc2ccccc2C(=O)OC)s1. The van der Waals surface area contributed by atoms with Crippen molar-refractivity contribution in [3.8, 4) is 12.3 Å². The largest absolute Gasteiger partial charge is 0.465 e. The molecule has 0 bridgehead atoms. The van der Waals surface area contributed by atoms with Gasteiger partial charge in [-0.15, -0.1) is 17.8 Å². The van der Waals surface area contributed by atoms with E-state index in [4.69, 9.17) is 6.42 Å². The van der Waals surface area contributed by atoms with Gasteiger partial charge < -0.3 is 10.1 Å². The molecule has 0 aliphatic carbocycles. The molecule has 0 aliphatic heterocycles. The Balaban J connectivity index is 2.24. The molecule has 5 heteroatoms. The third kappa shape index (κ3) is 2.87. The molecule has 0 fully saturated rings. The Morgan fingerprint density at radius 1 is 1.25 bits per heavy atom. The zero-order chi connectivity index (χ0) is 14.5. The van der Waals surface area contributed by atoms with Crippen molar-refractivity contribution >= 4 is 28.9 Å². The van der Waals surface area contributed by atoms with Gasteiger partial charge in [-0.1, -0.05) is 18.1 Å². The van der Waals surface area contributed by atoms with E-state index >= 15 is 0 Å². The van der Waals surface area contributed by atoms with Crippen molar-refractivity contribution in [2.24, 2.45) is 0 Å². The quantitative estimate of drug-likeness (QED) is 0.697. The first kappa shape index (κ1) is 13.8. The van der Waals surface area contributed by atoms with E-state index in [9.17, 15) is 9.59 Å². The molecule has 0 saturated carbocycles. The summed E-state index contributed by atoms with van der Waals surface area (Å²) in [5.41, 5.74) is 0.706. The van der Waals surface area contributed by atoms with Crippen molar-refractivity contribution in [3.63, 3.8) is 0 Å². The van der Waals surface area contributed by atoms with Gasteiger partial charge in [-0.2, -0.15) is 0 Å². The summed E-state index contributed by atoms with van der Waals surface area (Å²) in [4.78, 5) is 24.9. The van der Waals surface area contributed by atoms with Crippen molar-refractivity contribution in [2.45, 2.75) is 0 Å². The average Bonchev–Trinajstić information content (AvgIpc) is 2.96. The molecule has 0 unspecified atom stereocenters. The number of thiophene rings is 1. The van der Waals surface area contributed by atoms with E-state index in [2.05, 4.69) is 16.0 Å². The standard InChI is InChI=1S/C15H11NO3S/c1-3-10-8-9-13(20-10)14(17)16-12-7-5-4-6-11(12)15(18)19-2/h1,4-9H,2H3,(H,16,17). The number of carbonyl (C=O) groups is 2. The van der Waals surface area contributed by atoms with Crippen molar-refractivity contribution < 1.29 is 14.3 Å². The number of terminal acetylenes is 1. The van der Waals surface area contributed by atoms with Crippen LogP contribution in [0, 0.1) is 12.3 Å². The van der Waals surface area contributed by atoms with Crippen LogP contribution in [-0.4, -0.2) is 19.0 Å². The van der Waals surface area contributed by atoms with Gasteiger partial charge in [0.2, 0.25) is 0 Å². The molecule has 1 heterocycles. The molecule has 1 amide bonds. The molecule has 1 N–H and O–H groups in total. The molecule has 0 radical (unpaired) electrons. The zero-order valence-electron chi connectivity index (χ0n) is 10.7. The van der Waals surface area contributed by atoms with Crippen molar-refractivity contribution in [3.05, 3.63) is 51.7 Å². The molecule has 0 spiro atoms. The van der Waals surface area contributed by atoms with Gasteiger partial charge in [0.15, 0.2) is 0 Å². The summed E-state index contributed by atoms with van der Waals surface area (Å²) in [6, 6.07) is 10.00. The molecule has 0 aliphatic rings. The van der Waals surface area contributed by atoms with Gasteiger partial charge in [0.1, 0.15) is 0 Å². The van der Waals surface area contributed by atoms with Crippen LogP contribution in [0.1, 0.15) is 24.9 Å². The fourth-order valence-electron chi connectivity index (χ4n) is 1.60. The minimum atomic E-state index is -0.503. The lowest BCUT2D eigenvalue weighted by Crippen LogP contribution is -2.14. The summed E-state index contributed by atoms with van der Waals surface area (Å²) in [6.07, 6.45) is 5.27. The number of hydrogen-bond donors (Lipinski definition) is 1.